The van der Waals surface area contributed by atoms with Gasteiger partial charge in [-0.3, -0.25) is 9.59 Å². The molecule has 0 fully saturated rings. The normalized spacial score (nSPS) is 12.1. The van der Waals surface area contributed by atoms with Gasteiger partial charge in [0.05, 0.1) is 6.42 Å². The van der Waals surface area contributed by atoms with Crippen molar-refractivity contribution in [1.82, 2.24) is 10.3 Å². The van der Waals surface area contributed by atoms with Gasteiger partial charge in [0.25, 0.3) is 0 Å². The highest BCUT2D eigenvalue weighted by Crippen LogP contribution is 2.19. The Morgan fingerprint density at radius 3 is 2.54 bits per heavy atom. The molecule has 2 amide bonds. The Hall–Kier alpha value is -3.60. The number of fused-ring (bicyclic) bond motifs is 2. The standard InChI is InChI=1S/C23H21N3O2/c24-23(28)21(13-18-14-25-20-8-4-3-7-19(18)20)26-22(27)12-15-9-10-16-5-1-2-6-17(16)11-15/h1-11,14,21,25H,12-13H2,(H2,24,28)(H,26,27)/t21-/m1/s1. The predicted molar refractivity (Wildman–Crippen MR) is 111 cm³/mol. The first kappa shape index (κ1) is 17.8. The molecule has 28 heavy (non-hydrogen) atoms. The molecule has 1 atom stereocenters. The topological polar surface area (TPSA) is 88.0 Å². The summed E-state index contributed by atoms with van der Waals surface area (Å²) < 4.78 is 0. The lowest BCUT2D eigenvalue weighted by atomic mass is 10.0. The van der Waals surface area contributed by atoms with Crippen LogP contribution in [0.15, 0.2) is 72.9 Å². The van der Waals surface area contributed by atoms with Crippen LogP contribution in [0.5, 0.6) is 0 Å². The molecule has 1 aromatic heterocycles. The number of carbonyl (C=O) groups is 2. The van der Waals surface area contributed by atoms with E-state index in [-0.39, 0.29) is 12.3 Å². The third-order valence-corrected chi connectivity index (χ3v) is 4.96. The lowest BCUT2D eigenvalue weighted by Gasteiger charge is -2.15. The summed E-state index contributed by atoms with van der Waals surface area (Å²) in [6.07, 6.45) is 2.40. The molecule has 0 radical (unpaired) electrons. The van der Waals surface area contributed by atoms with Crippen LogP contribution in [0.4, 0.5) is 0 Å². The van der Waals surface area contributed by atoms with Crippen molar-refractivity contribution in [2.75, 3.05) is 0 Å². The lowest BCUT2D eigenvalue weighted by molar-refractivity contribution is -0.126. The van der Waals surface area contributed by atoms with Crippen LogP contribution in [0, 0.1) is 0 Å². The van der Waals surface area contributed by atoms with Crippen molar-refractivity contribution < 1.29 is 9.59 Å². The molecule has 0 aliphatic rings. The quantitative estimate of drug-likeness (QED) is 0.486. The third-order valence-electron chi connectivity index (χ3n) is 4.96. The maximum Gasteiger partial charge on any atom is 0.240 e. The van der Waals surface area contributed by atoms with Crippen molar-refractivity contribution >= 4 is 33.5 Å². The molecule has 5 heteroatoms. The predicted octanol–water partition coefficient (Wildman–Crippen LogP) is 3.08. The Morgan fingerprint density at radius 2 is 1.71 bits per heavy atom. The summed E-state index contributed by atoms with van der Waals surface area (Å²) in [5.41, 5.74) is 8.38. The van der Waals surface area contributed by atoms with Crippen LogP contribution in [-0.4, -0.2) is 22.8 Å². The van der Waals surface area contributed by atoms with Crippen LogP contribution in [0.2, 0.25) is 0 Å². The molecule has 0 aliphatic carbocycles. The molecule has 0 saturated heterocycles. The minimum atomic E-state index is -0.757. The number of carbonyl (C=O) groups excluding carboxylic acids is 2. The second-order valence-corrected chi connectivity index (χ2v) is 6.94. The molecule has 0 spiro atoms. The van der Waals surface area contributed by atoms with Gasteiger partial charge in [-0.2, -0.15) is 0 Å². The first-order valence-electron chi connectivity index (χ1n) is 9.21. The number of primary amides is 1. The fourth-order valence-corrected chi connectivity index (χ4v) is 3.52. The summed E-state index contributed by atoms with van der Waals surface area (Å²) in [6, 6.07) is 21.0. The summed E-state index contributed by atoms with van der Waals surface area (Å²) in [5.74, 6) is -0.768. The van der Waals surface area contributed by atoms with Crippen LogP contribution in [0.1, 0.15) is 11.1 Å². The smallest absolute Gasteiger partial charge is 0.240 e. The average Bonchev–Trinajstić information content (AvgIpc) is 3.10. The number of hydrogen-bond donors (Lipinski definition) is 3. The molecule has 4 N–H and O–H groups in total. The van der Waals surface area contributed by atoms with E-state index in [9.17, 15) is 9.59 Å². The van der Waals surface area contributed by atoms with E-state index in [1.54, 1.807) is 0 Å². The van der Waals surface area contributed by atoms with Crippen LogP contribution in [0.3, 0.4) is 0 Å². The van der Waals surface area contributed by atoms with E-state index < -0.39 is 11.9 Å². The second kappa shape index (κ2) is 7.56. The second-order valence-electron chi connectivity index (χ2n) is 6.94. The van der Waals surface area contributed by atoms with Crippen molar-refractivity contribution in [2.45, 2.75) is 18.9 Å². The molecule has 140 valence electrons. The van der Waals surface area contributed by atoms with Crippen molar-refractivity contribution in [2.24, 2.45) is 5.73 Å². The van der Waals surface area contributed by atoms with Gasteiger partial charge in [0.15, 0.2) is 0 Å². The van der Waals surface area contributed by atoms with Gasteiger partial charge in [-0.1, -0.05) is 60.7 Å². The number of nitrogens with one attached hydrogen (secondary N) is 2. The fourth-order valence-electron chi connectivity index (χ4n) is 3.52. The zero-order chi connectivity index (χ0) is 19.5. The molecule has 0 saturated carbocycles. The first-order chi connectivity index (χ1) is 13.6. The van der Waals surface area contributed by atoms with Gasteiger partial charge in [0, 0.05) is 23.5 Å². The minimum absolute atomic E-state index is 0.197. The number of nitrogens with two attached hydrogens (primary N) is 1. The van der Waals surface area contributed by atoms with Gasteiger partial charge >= 0.3 is 0 Å². The largest absolute Gasteiger partial charge is 0.368 e. The highest BCUT2D eigenvalue weighted by Gasteiger charge is 2.20. The van der Waals surface area contributed by atoms with Gasteiger partial charge in [-0.05, 0) is 28.0 Å². The van der Waals surface area contributed by atoms with Crippen molar-refractivity contribution in [3.8, 4) is 0 Å². The number of rotatable bonds is 6. The molecule has 0 aliphatic heterocycles. The molecule has 3 aromatic carbocycles. The van der Waals surface area contributed by atoms with E-state index in [2.05, 4.69) is 10.3 Å². The Labute approximate surface area is 162 Å². The fraction of sp³-hybridized carbons (Fsp3) is 0.130. The maximum absolute atomic E-state index is 12.5. The number of aromatic nitrogens is 1. The molecular formula is C23H21N3O2. The average molecular weight is 371 g/mol. The Morgan fingerprint density at radius 1 is 0.964 bits per heavy atom. The first-order valence-corrected chi connectivity index (χ1v) is 9.21. The Balaban J connectivity index is 1.47. The van der Waals surface area contributed by atoms with Gasteiger partial charge in [-0.25, -0.2) is 0 Å². The monoisotopic (exact) mass is 371 g/mol. The molecule has 1 heterocycles. The van der Waals surface area contributed by atoms with E-state index >= 15 is 0 Å². The van der Waals surface area contributed by atoms with E-state index in [1.165, 1.54) is 0 Å². The number of H-pyrrole nitrogens is 1. The summed E-state index contributed by atoms with van der Waals surface area (Å²) in [5, 5.41) is 6.02. The van der Waals surface area contributed by atoms with Crippen LogP contribution in [-0.2, 0) is 22.4 Å². The van der Waals surface area contributed by atoms with Crippen molar-refractivity contribution in [1.29, 1.82) is 0 Å². The number of aromatic amines is 1. The molecule has 0 bridgehead atoms. The van der Waals surface area contributed by atoms with E-state index in [1.807, 2.05) is 72.9 Å². The summed E-state index contributed by atoms with van der Waals surface area (Å²) >= 11 is 0. The zero-order valence-electron chi connectivity index (χ0n) is 15.3. The minimum Gasteiger partial charge on any atom is -0.368 e. The Bertz CT molecular complexity index is 1160. The number of amides is 2. The van der Waals surface area contributed by atoms with E-state index in [0.717, 1.165) is 32.8 Å². The third kappa shape index (κ3) is 3.74. The highest BCUT2D eigenvalue weighted by atomic mass is 16.2. The number of para-hydroxylation sites is 1. The van der Waals surface area contributed by atoms with Gasteiger partial charge in [0.2, 0.25) is 11.8 Å². The molecule has 0 unspecified atom stereocenters. The number of benzene rings is 3. The van der Waals surface area contributed by atoms with Gasteiger partial charge < -0.3 is 16.0 Å². The van der Waals surface area contributed by atoms with Crippen LogP contribution >= 0.6 is 0 Å². The summed E-state index contributed by atoms with van der Waals surface area (Å²) in [6.45, 7) is 0. The lowest BCUT2D eigenvalue weighted by Crippen LogP contribution is -2.46. The zero-order valence-corrected chi connectivity index (χ0v) is 15.3. The maximum atomic E-state index is 12.5. The van der Waals surface area contributed by atoms with Crippen LogP contribution in [0.25, 0.3) is 21.7 Å². The van der Waals surface area contributed by atoms with Crippen molar-refractivity contribution in [3.63, 3.8) is 0 Å². The van der Waals surface area contributed by atoms with Gasteiger partial charge in [-0.15, -0.1) is 0 Å². The Kier molecular flexibility index (Phi) is 4.81. The molecule has 4 rings (SSSR count). The highest BCUT2D eigenvalue weighted by molar-refractivity contribution is 5.90. The van der Waals surface area contributed by atoms with E-state index in [0.29, 0.717) is 6.42 Å². The summed E-state index contributed by atoms with van der Waals surface area (Å²) in [4.78, 5) is 27.6. The van der Waals surface area contributed by atoms with Crippen LogP contribution < -0.4 is 11.1 Å². The molecular weight excluding hydrogens is 350 g/mol. The number of hydrogen-bond acceptors (Lipinski definition) is 2. The van der Waals surface area contributed by atoms with Gasteiger partial charge in [0.1, 0.15) is 6.04 Å². The van der Waals surface area contributed by atoms with Crippen molar-refractivity contribution in [3.05, 3.63) is 84.1 Å². The molecule has 5 nitrogen and oxygen atoms in total. The summed E-state index contributed by atoms with van der Waals surface area (Å²) in [7, 11) is 0. The SMILES string of the molecule is NC(=O)[C@@H](Cc1c[nH]c2ccccc12)NC(=O)Cc1ccc2ccccc2c1. The molecule has 4 aromatic rings. The van der Waals surface area contributed by atoms with E-state index in [4.69, 9.17) is 5.73 Å².